The van der Waals surface area contributed by atoms with E-state index >= 15 is 0 Å². The fourth-order valence-corrected chi connectivity index (χ4v) is 4.42. The smallest absolute Gasteiger partial charge is 0.229 e. The predicted octanol–water partition coefficient (Wildman–Crippen LogP) is 3.98. The molecule has 2 N–H and O–H groups in total. The van der Waals surface area contributed by atoms with Crippen molar-refractivity contribution in [2.75, 3.05) is 29.9 Å². The molecular weight excluding hydrogens is 362 g/mol. The largest absolute Gasteiger partial charge is 0.356 e. The van der Waals surface area contributed by atoms with Crippen molar-refractivity contribution in [3.63, 3.8) is 0 Å². The standard InChI is InChI=1S/C23H31N5O/c1-3-4-5-18-6-8-19(9-7-18)26-22-25-16-17(2)20(27-22)28-14-11-23(12-15-28)10-13-24-21(23)29/h6-9,16H,3-5,10-15H2,1-2H3,(H,24,29)(H,25,26,27). The van der Waals surface area contributed by atoms with Gasteiger partial charge in [0, 0.05) is 37.1 Å². The topological polar surface area (TPSA) is 70.2 Å². The van der Waals surface area contributed by atoms with Gasteiger partial charge in [0.15, 0.2) is 0 Å². The summed E-state index contributed by atoms with van der Waals surface area (Å²) in [5.41, 5.74) is 3.27. The molecular formula is C23H31N5O. The van der Waals surface area contributed by atoms with Crippen LogP contribution in [0.2, 0.25) is 0 Å². The fourth-order valence-electron chi connectivity index (χ4n) is 4.42. The summed E-state index contributed by atoms with van der Waals surface area (Å²) in [7, 11) is 0. The third kappa shape index (κ3) is 4.21. The highest BCUT2D eigenvalue weighted by Gasteiger charge is 2.44. The van der Waals surface area contributed by atoms with Crippen LogP contribution in [0.1, 0.15) is 50.2 Å². The zero-order valence-electron chi connectivity index (χ0n) is 17.5. The molecule has 0 radical (unpaired) electrons. The third-order valence-corrected chi connectivity index (χ3v) is 6.36. The lowest BCUT2D eigenvalue weighted by molar-refractivity contribution is -0.128. The number of hydrogen-bond donors (Lipinski definition) is 2. The van der Waals surface area contributed by atoms with E-state index in [0.29, 0.717) is 5.95 Å². The van der Waals surface area contributed by atoms with E-state index in [0.717, 1.165) is 62.4 Å². The van der Waals surface area contributed by atoms with E-state index in [1.807, 2.05) is 13.1 Å². The minimum atomic E-state index is -0.155. The van der Waals surface area contributed by atoms with Crippen molar-refractivity contribution in [3.05, 3.63) is 41.6 Å². The summed E-state index contributed by atoms with van der Waals surface area (Å²) >= 11 is 0. The molecule has 2 aromatic rings. The minimum absolute atomic E-state index is 0.155. The van der Waals surface area contributed by atoms with E-state index in [-0.39, 0.29) is 11.3 Å². The van der Waals surface area contributed by atoms with Gasteiger partial charge in [-0.05, 0) is 56.7 Å². The second kappa shape index (κ2) is 8.39. The van der Waals surface area contributed by atoms with Gasteiger partial charge >= 0.3 is 0 Å². The summed E-state index contributed by atoms with van der Waals surface area (Å²) in [6, 6.07) is 8.53. The highest BCUT2D eigenvalue weighted by molar-refractivity contribution is 5.85. The first-order valence-electron chi connectivity index (χ1n) is 10.8. The molecule has 29 heavy (non-hydrogen) atoms. The van der Waals surface area contributed by atoms with E-state index in [4.69, 9.17) is 4.98 Å². The maximum atomic E-state index is 12.2. The number of piperidine rings is 1. The molecule has 2 saturated heterocycles. The second-order valence-corrected chi connectivity index (χ2v) is 8.40. The molecule has 0 atom stereocenters. The van der Waals surface area contributed by atoms with Crippen LogP contribution in [0.5, 0.6) is 0 Å². The van der Waals surface area contributed by atoms with Crippen LogP contribution in [0.25, 0.3) is 0 Å². The summed E-state index contributed by atoms with van der Waals surface area (Å²) in [5, 5.41) is 6.34. The zero-order valence-corrected chi connectivity index (χ0v) is 17.5. The first kappa shape index (κ1) is 19.7. The van der Waals surface area contributed by atoms with Gasteiger partial charge in [-0.25, -0.2) is 4.98 Å². The van der Waals surface area contributed by atoms with E-state index < -0.39 is 0 Å². The lowest BCUT2D eigenvalue weighted by Gasteiger charge is -2.38. The van der Waals surface area contributed by atoms with Crippen molar-refractivity contribution in [1.29, 1.82) is 0 Å². The van der Waals surface area contributed by atoms with Crippen molar-refractivity contribution in [2.45, 2.75) is 52.4 Å². The van der Waals surface area contributed by atoms with Gasteiger partial charge in [-0.3, -0.25) is 4.79 Å². The number of amides is 1. The molecule has 0 saturated carbocycles. The van der Waals surface area contributed by atoms with Crippen LogP contribution in [-0.4, -0.2) is 35.5 Å². The van der Waals surface area contributed by atoms with Gasteiger partial charge in [-0.1, -0.05) is 25.5 Å². The molecule has 2 aliphatic rings. The van der Waals surface area contributed by atoms with E-state index in [2.05, 4.69) is 51.7 Å². The summed E-state index contributed by atoms with van der Waals surface area (Å²) in [4.78, 5) is 23.8. The van der Waals surface area contributed by atoms with Gasteiger partial charge in [-0.2, -0.15) is 4.98 Å². The van der Waals surface area contributed by atoms with Crippen LogP contribution in [0.15, 0.2) is 30.5 Å². The van der Waals surface area contributed by atoms with E-state index in [1.165, 1.54) is 18.4 Å². The normalized spacial score (nSPS) is 18.1. The molecule has 154 valence electrons. The highest BCUT2D eigenvalue weighted by Crippen LogP contribution is 2.39. The molecule has 0 aliphatic carbocycles. The third-order valence-electron chi connectivity index (χ3n) is 6.36. The Hall–Kier alpha value is -2.63. The number of hydrogen-bond acceptors (Lipinski definition) is 5. The number of aryl methyl sites for hydroxylation is 2. The molecule has 2 fully saturated rings. The Morgan fingerprint density at radius 3 is 2.59 bits per heavy atom. The number of unbranched alkanes of at least 4 members (excludes halogenated alkanes) is 1. The van der Waals surface area contributed by atoms with E-state index in [9.17, 15) is 4.79 Å². The lowest BCUT2D eigenvalue weighted by Crippen LogP contribution is -2.44. The van der Waals surface area contributed by atoms with Crippen molar-refractivity contribution in [1.82, 2.24) is 15.3 Å². The second-order valence-electron chi connectivity index (χ2n) is 8.40. The number of anilines is 3. The summed E-state index contributed by atoms with van der Waals surface area (Å²) in [6.45, 7) is 6.80. The number of carbonyl (C=O) groups excluding carboxylic acids is 1. The van der Waals surface area contributed by atoms with Gasteiger partial charge in [0.25, 0.3) is 0 Å². The fraction of sp³-hybridized carbons (Fsp3) is 0.522. The Labute approximate surface area is 173 Å². The summed E-state index contributed by atoms with van der Waals surface area (Å²) in [6.07, 6.45) is 8.18. The molecule has 1 aromatic carbocycles. The molecule has 0 unspecified atom stereocenters. The Morgan fingerprint density at radius 1 is 1.17 bits per heavy atom. The number of benzene rings is 1. The van der Waals surface area contributed by atoms with Crippen molar-refractivity contribution in [2.24, 2.45) is 5.41 Å². The maximum Gasteiger partial charge on any atom is 0.229 e. The van der Waals surface area contributed by atoms with Gasteiger partial charge in [0.05, 0.1) is 5.41 Å². The van der Waals surface area contributed by atoms with Gasteiger partial charge < -0.3 is 15.5 Å². The number of rotatable bonds is 6. The van der Waals surface area contributed by atoms with Crippen LogP contribution in [-0.2, 0) is 11.2 Å². The monoisotopic (exact) mass is 393 g/mol. The first-order chi connectivity index (χ1) is 14.1. The molecule has 6 heteroatoms. The number of aromatic nitrogens is 2. The number of carbonyl (C=O) groups is 1. The molecule has 6 nitrogen and oxygen atoms in total. The van der Waals surface area contributed by atoms with Gasteiger partial charge in [0.2, 0.25) is 11.9 Å². The van der Waals surface area contributed by atoms with Crippen LogP contribution in [0.4, 0.5) is 17.5 Å². The van der Waals surface area contributed by atoms with Gasteiger partial charge in [0.1, 0.15) is 5.82 Å². The van der Waals surface area contributed by atoms with Crippen LogP contribution < -0.4 is 15.5 Å². The lowest BCUT2D eigenvalue weighted by atomic mass is 9.77. The average molecular weight is 394 g/mol. The SMILES string of the molecule is CCCCc1ccc(Nc2ncc(C)c(N3CCC4(CCNC4=O)CC3)n2)cc1. The predicted molar refractivity (Wildman–Crippen MR) is 117 cm³/mol. The maximum absolute atomic E-state index is 12.2. The first-order valence-corrected chi connectivity index (χ1v) is 10.8. The molecule has 1 aromatic heterocycles. The van der Waals surface area contributed by atoms with Crippen molar-refractivity contribution >= 4 is 23.4 Å². The zero-order chi connectivity index (χ0) is 20.3. The van der Waals surface area contributed by atoms with Crippen molar-refractivity contribution in [3.8, 4) is 0 Å². The average Bonchev–Trinajstić information content (AvgIpc) is 3.09. The molecule has 0 bridgehead atoms. The molecule has 1 amide bonds. The van der Waals surface area contributed by atoms with Crippen LogP contribution in [0, 0.1) is 12.3 Å². The Kier molecular flexibility index (Phi) is 5.69. The van der Waals surface area contributed by atoms with Crippen LogP contribution >= 0.6 is 0 Å². The Morgan fingerprint density at radius 2 is 1.93 bits per heavy atom. The quantitative estimate of drug-likeness (QED) is 0.777. The summed E-state index contributed by atoms with van der Waals surface area (Å²) in [5.74, 6) is 1.82. The Balaban J connectivity index is 1.43. The Bertz CT molecular complexity index is 856. The van der Waals surface area contributed by atoms with E-state index in [1.54, 1.807) is 0 Å². The van der Waals surface area contributed by atoms with Crippen molar-refractivity contribution < 1.29 is 4.79 Å². The van der Waals surface area contributed by atoms with Crippen LogP contribution in [0.3, 0.4) is 0 Å². The summed E-state index contributed by atoms with van der Waals surface area (Å²) < 4.78 is 0. The van der Waals surface area contributed by atoms with Gasteiger partial charge in [-0.15, -0.1) is 0 Å². The number of nitrogens with one attached hydrogen (secondary N) is 2. The number of nitrogens with zero attached hydrogens (tertiary/aromatic N) is 3. The highest BCUT2D eigenvalue weighted by atomic mass is 16.2. The molecule has 1 spiro atoms. The molecule has 3 heterocycles. The minimum Gasteiger partial charge on any atom is -0.356 e. The molecule has 4 rings (SSSR count). The molecule has 2 aliphatic heterocycles.